The summed E-state index contributed by atoms with van der Waals surface area (Å²) in [4.78, 5) is 2.35. The predicted octanol–water partition coefficient (Wildman–Crippen LogP) is 1.34. The second-order valence-corrected chi connectivity index (χ2v) is 3.36. The summed E-state index contributed by atoms with van der Waals surface area (Å²) in [6, 6.07) is 1.23. The van der Waals surface area contributed by atoms with E-state index in [-0.39, 0.29) is 6.83 Å². The molecule has 0 fully saturated rings. The molecule has 0 rings (SSSR count). The monoisotopic (exact) mass is 148 g/mol. The maximum atomic E-state index is 5.81. The molecular weight excluding hydrogens is 132 g/mol. The van der Waals surface area contributed by atoms with E-state index in [4.69, 9.17) is 11.5 Å². The molecule has 0 aliphatic carbocycles. The van der Waals surface area contributed by atoms with E-state index in [1.807, 2.05) is 0 Å². The van der Waals surface area contributed by atoms with E-state index < -0.39 is 0 Å². The summed E-state index contributed by atoms with van der Waals surface area (Å²) < 4.78 is 0. The van der Waals surface area contributed by atoms with Crippen LogP contribution in [0.1, 0.15) is 27.7 Å². The minimum atomic E-state index is -0.352. The molecule has 0 bridgehead atoms. The molecule has 0 unspecified atom stereocenters. The Balaban J connectivity index is 3.68. The van der Waals surface area contributed by atoms with Gasteiger partial charge in [-0.05, 0) is 12.1 Å². The first-order valence-corrected chi connectivity index (χ1v) is 4.41. The van der Waals surface area contributed by atoms with Gasteiger partial charge in [0.2, 0.25) is 0 Å². The first-order chi connectivity index (χ1) is 4.09. The summed E-state index contributed by atoms with van der Waals surface area (Å²) in [5, 5.41) is 0. The SMILES string of the molecule is CC(C)N([BH2-]Cl)C(C)C. The molecule has 0 saturated heterocycles. The van der Waals surface area contributed by atoms with Crippen LogP contribution < -0.4 is 0 Å². The Labute approximate surface area is 63.6 Å². The van der Waals surface area contributed by atoms with Crippen molar-refractivity contribution in [1.82, 2.24) is 4.81 Å². The second-order valence-electron chi connectivity index (χ2n) is 3.02. The lowest BCUT2D eigenvalue weighted by molar-refractivity contribution is 0.317. The summed E-state index contributed by atoms with van der Waals surface area (Å²) in [6.45, 7) is 8.39. The van der Waals surface area contributed by atoms with Crippen LogP contribution in [0.2, 0.25) is 0 Å². The van der Waals surface area contributed by atoms with Gasteiger partial charge in [0.05, 0.1) is 0 Å². The van der Waals surface area contributed by atoms with Gasteiger partial charge in [-0.1, -0.05) is 27.7 Å². The maximum Gasteiger partial charge on any atom is 0.119 e. The van der Waals surface area contributed by atoms with Gasteiger partial charge >= 0.3 is 0 Å². The number of rotatable bonds is 3. The molecule has 0 spiro atoms. The third kappa shape index (κ3) is 3.12. The topological polar surface area (TPSA) is 3.24 Å². The standard InChI is InChI=1S/C6H16BClN/c1-5(2)9(7-8)6(3)4/h5-6H,7H2,1-4H3/q-1. The van der Waals surface area contributed by atoms with Gasteiger partial charge in [0, 0.05) is 0 Å². The summed E-state index contributed by atoms with van der Waals surface area (Å²) >= 11 is 5.81. The Kier molecular flexibility index (Phi) is 4.33. The number of nitrogens with zero attached hydrogens (tertiary/aromatic N) is 1. The highest BCUT2D eigenvalue weighted by Gasteiger charge is 2.03. The van der Waals surface area contributed by atoms with Crippen molar-refractivity contribution in [2.75, 3.05) is 0 Å². The number of hydrogen-bond donors (Lipinski definition) is 0. The Morgan fingerprint density at radius 2 is 1.44 bits per heavy atom. The van der Waals surface area contributed by atoms with Gasteiger partial charge < -0.3 is 16.3 Å². The van der Waals surface area contributed by atoms with E-state index in [0.717, 1.165) is 0 Å². The van der Waals surface area contributed by atoms with Gasteiger partial charge in [0.15, 0.2) is 0 Å². The highest BCUT2D eigenvalue weighted by atomic mass is 35.5. The van der Waals surface area contributed by atoms with Crippen molar-refractivity contribution in [2.45, 2.75) is 39.8 Å². The van der Waals surface area contributed by atoms with Gasteiger partial charge in [-0.3, -0.25) is 0 Å². The molecule has 0 aromatic carbocycles. The van der Waals surface area contributed by atoms with Crippen LogP contribution >= 0.6 is 11.5 Å². The van der Waals surface area contributed by atoms with Crippen molar-refractivity contribution in [2.24, 2.45) is 0 Å². The molecule has 0 aliphatic heterocycles. The lowest BCUT2D eigenvalue weighted by Gasteiger charge is -2.35. The second kappa shape index (κ2) is 4.18. The summed E-state index contributed by atoms with van der Waals surface area (Å²) in [7, 11) is 0. The quantitative estimate of drug-likeness (QED) is 0.546. The molecule has 0 N–H and O–H groups in total. The molecule has 0 aromatic heterocycles. The van der Waals surface area contributed by atoms with Gasteiger partial charge in [-0.25, -0.2) is 0 Å². The molecule has 0 atom stereocenters. The van der Waals surface area contributed by atoms with E-state index in [1.54, 1.807) is 0 Å². The van der Waals surface area contributed by atoms with Crippen LogP contribution in [0.3, 0.4) is 0 Å². The largest absolute Gasteiger partial charge is 0.462 e. The van der Waals surface area contributed by atoms with Crippen molar-refractivity contribution >= 4 is 18.3 Å². The molecule has 0 aliphatic rings. The molecule has 1 nitrogen and oxygen atoms in total. The molecule has 0 radical (unpaired) electrons. The molecule has 0 heterocycles. The fourth-order valence-electron chi connectivity index (χ4n) is 0.987. The van der Waals surface area contributed by atoms with Crippen LogP contribution in [0.5, 0.6) is 0 Å². The molecule has 0 saturated carbocycles. The molecule has 0 aromatic rings. The van der Waals surface area contributed by atoms with Crippen LogP contribution in [-0.2, 0) is 0 Å². The van der Waals surface area contributed by atoms with Crippen molar-refractivity contribution in [3.05, 3.63) is 0 Å². The molecule has 3 heteroatoms. The van der Waals surface area contributed by atoms with Crippen LogP contribution in [0.15, 0.2) is 0 Å². The zero-order valence-electron chi connectivity index (χ0n) is 6.98. The van der Waals surface area contributed by atoms with Crippen LogP contribution in [-0.4, -0.2) is 23.7 Å². The first-order valence-electron chi connectivity index (χ1n) is 3.65. The number of halogens is 1. The highest BCUT2D eigenvalue weighted by molar-refractivity contribution is 6.92. The van der Waals surface area contributed by atoms with Crippen LogP contribution in [0.4, 0.5) is 0 Å². The average molecular weight is 148 g/mol. The zero-order chi connectivity index (χ0) is 7.44. The minimum Gasteiger partial charge on any atom is -0.462 e. The molecule has 0 amide bonds. The Hall–Kier alpha value is 0.315. The first kappa shape index (κ1) is 9.31. The molecule has 9 heavy (non-hydrogen) atoms. The van der Waals surface area contributed by atoms with Gasteiger partial charge in [0.25, 0.3) is 0 Å². The third-order valence-corrected chi connectivity index (χ3v) is 2.21. The summed E-state index contributed by atoms with van der Waals surface area (Å²) in [5.41, 5.74) is 0. The Bertz CT molecular complexity index is 67.5. The third-order valence-electron chi connectivity index (χ3n) is 1.82. The predicted molar refractivity (Wildman–Crippen MR) is 46.5 cm³/mol. The Morgan fingerprint density at radius 1 is 1.11 bits per heavy atom. The van der Waals surface area contributed by atoms with Gasteiger partial charge in [-0.15, -0.1) is 0 Å². The lowest BCUT2D eigenvalue weighted by atomic mass is 10.1. The fraction of sp³-hybridized carbons (Fsp3) is 1.00. The van der Waals surface area contributed by atoms with Crippen LogP contribution in [0, 0.1) is 0 Å². The Morgan fingerprint density at radius 3 is 1.44 bits per heavy atom. The normalized spacial score (nSPS) is 12.0. The van der Waals surface area contributed by atoms with Crippen molar-refractivity contribution < 1.29 is 0 Å². The zero-order valence-corrected chi connectivity index (χ0v) is 7.74. The van der Waals surface area contributed by atoms with Crippen molar-refractivity contribution in [1.29, 1.82) is 0 Å². The smallest absolute Gasteiger partial charge is 0.119 e. The average Bonchev–Trinajstić information content (AvgIpc) is 1.64. The van der Waals surface area contributed by atoms with E-state index in [9.17, 15) is 0 Å². The minimum absolute atomic E-state index is 0.352. The molecule has 56 valence electrons. The van der Waals surface area contributed by atoms with E-state index in [2.05, 4.69) is 32.5 Å². The fourth-order valence-corrected chi connectivity index (χ4v) is 1.77. The van der Waals surface area contributed by atoms with Gasteiger partial charge in [-0.2, -0.15) is 0 Å². The molecular formula is C6H16BClN-. The van der Waals surface area contributed by atoms with Crippen molar-refractivity contribution in [3.63, 3.8) is 0 Å². The maximum absolute atomic E-state index is 5.81. The van der Waals surface area contributed by atoms with Crippen LogP contribution in [0.25, 0.3) is 0 Å². The van der Waals surface area contributed by atoms with E-state index in [1.165, 1.54) is 0 Å². The van der Waals surface area contributed by atoms with E-state index in [0.29, 0.717) is 12.1 Å². The summed E-state index contributed by atoms with van der Waals surface area (Å²) in [6.07, 6.45) is 0. The highest BCUT2D eigenvalue weighted by Crippen LogP contribution is 2.02. The van der Waals surface area contributed by atoms with Crippen molar-refractivity contribution in [3.8, 4) is 0 Å². The van der Waals surface area contributed by atoms with E-state index >= 15 is 0 Å². The number of hydrogen-bond acceptors (Lipinski definition) is 1. The lowest BCUT2D eigenvalue weighted by Crippen LogP contribution is -2.37. The van der Waals surface area contributed by atoms with Gasteiger partial charge in [0.1, 0.15) is 6.83 Å². The summed E-state index contributed by atoms with van der Waals surface area (Å²) in [5.74, 6) is 0.